The van der Waals surface area contributed by atoms with Gasteiger partial charge in [0.15, 0.2) is 0 Å². The van der Waals surface area contributed by atoms with E-state index in [2.05, 4.69) is 0 Å². The maximum Gasteiger partial charge on any atom is 0.135 e. The Hall–Kier alpha value is -0.520. The number of aromatic hydroxyl groups is 1. The molecule has 90 valence electrons. The molecule has 1 rings (SSSR count). The van der Waals surface area contributed by atoms with E-state index in [1.54, 1.807) is 0 Å². The van der Waals surface area contributed by atoms with Crippen molar-refractivity contribution in [3.63, 3.8) is 0 Å². The molecule has 6 heteroatoms. The van der Waals surface area contributed by atoms with Crippen molar-refractivity contribution in [2.24, 2.45) is 0 Å². The largest absolute Gasteiger partial charge is 0.506 e. The van der Waals surface area contributed by atoms with E-state index in [9.17, 15) is 15.3 Å². The van der Waals surface area contributed by atoms with Crippen LogP contribution in [0.2, 0.25) is 10.0 Å². The summed E-state index contributed by atoms with van der Waals surface area (Å²) >= 11 is 11.4. The van der Waals surface area contributed by atoms with Crippen molar-refractivity contribution in [3.8, 4) is 5.75 Å². The summed E-state index contributed by atoms with van der Waals surface area (Å²) in [5.74, 6) is -0.195. The predicted molar refractivity (Wildman–Crippen MR) is 60.8 cm³/mol. The summed E-state index contributed by atoms with van der Waals surface area (Å²) in [5, 5.41) is 37.2. The Morgan fingerprint density at radius 1 is 1.12 bits per heavy atom. The van der Waals surface area contributed by atoms with Gasteiger partial charge < -0.3 is 20.4 Å². The molecule has 0 amide bonds. The summed E-state index contributed by atoms with van der Waals surface area (Å²) in [5.41, 5.74) is 0.213. The second-order valence-electron chi connectivity index (χ2n) is 3.35. The van der Waals surface area contributed by atoms with E-state index in [0.29, 0.717) is 0 Å². The van der Waals surface area contributed by atoms with Crippen molar-refractivity contribution in [2.45, 2.75) is 18.6 Å². The lowest BCUT2D eigenvalue weighted by Crippen LogP contribution is -2.19. The Morgan fingerprint density at radius 3 is 2.31 bits per heavy atom. The summed E-state index contributed by atoms with van der Waals surface area (Å²) in [6, 6.07) is 2.47. The number of phenolic OH excluding ortho intramolecular Hbond substituents is 1. The number of phenols is 1. The Morgan fingerprint density at radius 2 is 1.75 bits per heavy atom. The van der Waals surface area contributed by atoms with Gasteiger partial charge in [0.25, 0.3) is 0 Å². The molecule has 0 saturated heterocycles. The van der Waals surface area contributed by atoms with Gasteiger partial charge in [0, 0.05) is 18.2 Å². The first-order valence-corrected chi connectivity index (χ1v) is 5.38. The van der Waals surface area contributed by atoms with Crippen LogP contribution < -0.4 is 0 Å². The molecule has 4 nitrogen and oxygen atoms in total. The average Bonchev–Trinajstić information content (AvgIpc) is 2.23. The zero-order valence-electron chi connectivity index (χ0n) is 8.27. The van der Waals surface area contributed by atoms with Crippen LogP contribution >= 0.6 is 23.2 Å². The summed E-state index contributed by atoms with van der Waals surface area (Å²) < 4.78 is 0. The molecule has 0 saturated carbocycles. The van der Waals surface area contributed by atoms with E-state index < -0.39 is 12.2 Å². The highest BCUT2D eigenvalue weighted by Crippen LogP contribution is 2.34. The molecule has 0 aliphatic rings. The fraction of sp³-hybridized carbons (Fsp3) is 0.400. The number of aliphatic hydroxyl groups excluding tert-OH is 3. The van der Waals surface area contributed by atoms with E-state index in [1.165, 1.54) is 12.1 Å². The Kier molecular flexibility index (Phi) is 4.83. The summed E-state index contributed by atoms with van der Waals surface area (Å²) in [4.78, 5) is 0. The highest BCUT2D eigenvalue weighted by atomic mass is 35.5. The quantitative estimate of drug-likeness (QED) is 0.666. The number of hydrogen-bond acceptors (Lipinski definition) is 4. The van der Waals surface area contributed by atoms with Gasteiger partial charge in [-0.15, -0.1) is 0 Å². The van der Waals surface area contributed by atoms with Crippen LogP contribution in [0.15, 0.2) is 12.1 Å². The normalized spacial score (nSPS) is 14.8. The van der Waals surface area contributed by atoms with E-state index in [0.717, 1.165) is 0 Å². The number of halogens is 2. The van der Waals surface area contributed by atoms with E-state index in [-0.39, 0.29) is 34.4 Å². The lowest BCUT2D eigenvalue weighted by molar-refractivity contribution is 0.00425. The van der Waals surface area contributed by atoms with Crippen LogP contribution in [0, 0.1) is 0 Å². The van der Waals surface area contributed by atoms with Crippen molar-refractivity contribution in [1.82, 2.24) is 0 Å². The number of hydrogen-bond donors (Lipinski definition) is 4. The Bertz CT molecular complexity index is 370. The summed E-state index contributed by atoms with van der Waals surface area (Å²) in [7, 11) is 0. The van der Waals surface area contributed by atoms with Gasteiger partial charge in [0.05, 0.1) is 16.1 Å². The van der Waals surface area contributed by atoms with Crippen LogP contribution in [0.25, 0.3) is 0 Å². The van der Waals surface area contributed by atoms with Gasteiger partial charge in [-0.3, -0.25) is 0 Å². The molecule has 0 aliphatic carbocycles. The van der Waals surface area contributed by atoms with E-state index in [4.69, 9.17) is 28.3 Å². The molecule has 0 fully saturated rings. The van der Waals surface area contributed by atoms with E-state index >= 15 is 0 Å². The molecule has 0 aromatic heterocycles. The fourth-order valence-corrected chi connectivity index (χ4v) is 1.72. The third kappa shape index (κ3) is 2.99. The zero-order chi connectivity index (χ0) is 12.3. The summed E-state index contributed by atoms with van der Waals surface area (Å²) in [6.45, 7) is -0.248. The lowest BCUT2D eigenvalue weighted by Gasteiger charge is -2.18. The van der Waals surface area contributed by atoms with Gasteiger partial charge >= 0.3 is 0 Å². The number of aliphatic hydroxyl groups is 3. The molecule has 1 aromatic carbocycles. The minimum atomic E-state index is -1.25. The third-order valence-electron chi connectivity index (χ3n) is 2.17. The molecule has 0 bridgehead atoms. The third-order valence-corrected chi connectivity index (χ3v) is 2.80. The Balaban J connectivity index is 2.99. The minimum absolute atomic E-state index is 0.0238. The van der Waals surface area contributed by atoms with E-state index in [1.807, 2.05) is 0 Å². The standard InChI is InChI=1S/C10H12Cl2O4/c11-6-4-9(15)7(12)3-5(6)10(16)8(14)1-2-13/h3-4,8,10,13-16H,1-2H2. The second-order valence-corrected chi connectivity index (χ2v) is 4.16. The lowest BCUT2D eigenvalue weighted by atomic mass is 10.0. The second kappa shape index (κ2) is 5.70. The van der Waals surface area contributed by atoms with Gasteiger partial charge in [-0.1, -0.05) is 23.2 Å². The van der Waals surface area contributed by atoms with Gasteiger partial charge in [0.2, 0.25) is 0 Å². The van der Waals surface area contributed by atoms with Gasteiger partial charge in [-0.2, -0.15) is 0 Å². The molecule has 0 spiro atoms. The highest BCUT2D eigenvalue weighted by Gasteiger charge is 2.21. The maximum atomic E-state index is 9.73. The average molecular weight is 267 g/mol. The zero-order valence-corrected chi connectivity index (χ0v) is 9.78. The molecule has 1 aromatic rings. The molecule has 0 radical (unpaired) electrons. The molecule has 16 heavy (non-hydrogen) atoms. The van der Waals surface area contributed by atoms with Crippen molar-refractivity contribution in [3.05, 3.63) is 27.7 Å². The molecule has 2 atom stereocenters. The first-order valence-electron chi connectivity index (χ1n) is 4.62. The van der Waals surface area contributed by atoms with Crippen LogP contribution in [0.3, 0.4) is 0 Å². The van der Waals surface area contributed by atoms with Crippen LogP contribution in [0.4, 0.5) is 0 Å². The molecular formula is C10H12Cl2O4. The van der Waals surface area contributed by atoms with Crippen LogP contribution in [0.5, 0.6) is 5.75 Å². The van der Waals surface area contributed by atoms with Crippen molar-refractivity contribution < 1.29 is 20.4 Å². The molecule has 0 aliphatic heterocycles. The monoisotopic (exact) mass is 266 g/mol. The van der Waals surface area contributed by atoms with Crippen LogP contribution in [-0.4, -0.2) is 33.1 Å². The fourth-order valence-electron chi connectivity index (χ4n) is 1.28. The van der Waals surface area contributed by atoms with Crippen molar-refractivity contribution in [1.29, 1.82) is 0 Å². The molecule has 2 unspecified atom stereocenters. The summed E-state index contributed by atoms with van der Waals surface area (Å²) in [6.07, 6.45) is -2.36. The maximum absolute atomic E-state index is 9.73. The van der Waals surface area contributed by atoms with Crippen LogP contribution in [0.1, 0.15) is 18.1 Å². The van der Waals surface area contributed by atoms with Crippen molar-refractivity contribution >= 4 is 23.2 Å². The smallest absolute Gasteiger partial charge is 0.135 e. The highest BCUT2D eigenvalue weighted by molar-refractivity contribution is 6.34. The van der Waals surface area contributed by atoms with Crippen LogP contribution in [-0.2, 0) is 0 Å². The first-order chi connectivity index (χ1) is 7.47. The topological polar surface area (TPSA) is 80.9 Å². The minimum Gasteiger partial charge on any atom is -0.506 e. The molecule has 4 N–H and O–H groups in total. The van der Waals surface area contributed by atoms with Gasteiger partial charge in [-0.05, 0) is 12.5 Å². The Labute approximate surface area is 103 Å². The SMILES string of the molecule is OCCC(O)C(O)c1cc(Cl)c(O)cc1Cl. The van der Waals surface area contributed by atoms with Gasteiger partial charge in [0.1, 0.15) is 11.9 Å². The van der Waals surface area contributed by atoms with Crippen molar-refractivity contribution in [2.75, 3.05) is 6.61 Å². The molecule has 0 heterocycles. The molecular weight excluding hydrogens is 255 g/mol. The predicted octanol–water partition coefficient (Wildman–Crippen LogP) is 1.48. The first kappa shape index (κ1) is 13.5. The van der Waals surface area contributed by atoms with Gasteiger partial charge in [-0.25, -0.2) is 0 Å². The number of benzene rings is 1. The number of rotatable bonds is 4.